The molecule has 1 aromatic heterocycles. The van der Waals surface area contributed by atoms with E-state index in [1.807, 2.05) is 35.1 Å². The van der Waals surface area contributed by atoms with E-state index in [0.29, 0.717) is 12.1 Å². The number of carbonyl (C=O) groups excluding carboxylic acids is 1. The molecule has 5 nitrogen and oxygen atoms in total. The van der Waals surface area contributed by atoms with Crippen LogP contribution in [0.4, 0.5) is 0 Å². The van der Waals surface area contributed by atoms with Gasteiger partial charge in [0.05, 0.1) is 6.54 Å². The topological polar surface area (TPSA) is 59.8 Å². The van der Waals surface area contributed by atoms with Crippen molar-refractivity contribution in [2.24, 2.45) is 0 Å². The van der Waals surface area contributed by atoms with Crippen LogP contribution in [0, 0.1) is 0 Å². The Bertz CT molecular complexity index is 634. The maximum Gasteiger partial charge on any atom is 0.251 e. The first-order chi connectivity index (χ1) is 10.6. The van der Waals surface area contributed by atoms with E-state index >= 15 is 0 Å². The molecule has 0 unspecified atom stereocenters. The molecule has 1 heterocycles. The molecule has 0 radical (unpaired) electrons. The van der Waals surface area contributed by atoms with Crippen LogP contribution in [0.5, 0.6) is 0 Å². The molecule has 0 aliphatic carbocycles. The highest BCUT2D eigenvalue weighted by Gasteiger charge is 2.15. The lowest BCUT2D eigenvalue weighted by atomic mass is 10.1. The van der Waals surface area contributed by atoms with Crippen LogP contribution in [0.3, 0.4) is 0 Å². The van der Waals surface area contributed by atoms with Crippen LogP contribution in [0.2, 0.25) is 0 Å². The lowest BCUT2D eigenvalue weighted by Crippen LogP contribution is -2.25. The molecule has 22 heavy (non-hydrogen) atoms. The second-order valence-electron chi connectivity index (χ2n) is 5.30. The smallest absolute Gasteiger partial charge is 0.251 e. The van der Waals surface area contributed by atoms with Crippen LogP contribution < -0.4 is 5.32 Å². The summed E-state index contributed by atoms with van der Waals surface area (Å²) >= 11 is 1.56. The van der Waals surface area contributed by atoms with Gasteiger partial charge in [-0.2, -0.15) is 0 Å². The first kappa shape index (κ1) is 16.5. The molecule has 1 amide bonds. The molecular weight excluding hydrogens is 296 g/mol. The normalized spacial score (nSPS) is 11.0. The van der Waals surface area contributed by atoms with Crippen molar-refractivity contribution in [1.82, 2.24) is 20.1 Å². The third-order valence-electron chi connectivity index (χ3n) is 3.47. The lowest BCUT2D eigenvalue weighted by Gasteiger charge is -2.13. The summed E-state index contributed by atoms with van der Waals surface area (Å²) in [5.74, 6) is 0.685. The first-order valence-electron chi connectivity index (χ1n) is 7.41. The Morgan fingerprint density at radius 3 is 2.50 bits per heavy atom. The standard InChI is InChI=1S/C16H22N4OS/c1-5-12-6-8-13(9-7-12)15(21)17-10-14-18-19-16(22-4)20(14)11(2)3/h6-9,11H,5,10H2,1-4H3,(H,17,21). The molecule has 0 atom stereocenters. The van der Waals surface area contributed by atoms with E-state index < -0.39 is 0 Å². The molecule has 0 saturated carbocycles. The number of aryl methyl sites for hydroxylation is 1. The number of carbonyl (C=O) groups is 1. The van der Waals surface area contributed by atoms with E-state index in [4.69, 9.17) is 0 Å². The van der Waals surface area contributed by atoms with E-state index in [1.54, 1.807) is 11.8 Å². The van der Waals surface area contributed by atoms with Gasteiger partial charge in [0.15, 0.2) is 11.0 Å². The van der Waals surface area contributed by atoms with Crippen molar-refractivity contribution in [1.29, 1.82) is 0 Å². The Labute approximate surface area is 135 Å². The van der Waals surface area contributed by atoms with Gasteiger partial charge >= 0.3 is 0 Å². The SMILES string of the molecule is CCc1ccc(C(=O)NCc2nnc(SC)n2C(C)C)cc1. The minimum absolute atomic E-state index is 0.0911. The van der Waals surface area contributed by atoms with Gasteiger partial charge in [-0.3, -0.25) is 4.79 Å². The van der Waals surface area contributed by atoms with E-state index in [2.05, 4.69) is 36.3 Å². The van der Waals surface area contributed by atoms with Crippen LogP contribution in [0.15, 0.2) is 29.4 Å². The Balaban J connectivity index is 2.06. The Morgan fingerprint density at radius 2 is 1.95 bits per heavy atom. The average Bonchev–Trinajstić information content (AvgIpc) is 2.96. The Kier molecular flexibility index (Phi) is 5.60. The van der Waals surface area contributed by atoms with Gasteiger partial charge in [0, 0.05) is 11.6 Å². The van der Waals surface area contributed by atoms with E-state index in [1.165, 1.54) is 5.56 Å². The van der Waals surface area contributed by atoms with Crippen molar-refractivity contribution in [3.05, 3.63) is 41.2 Å². The summed E-state index contributed by atoms with van der Waals surface area (Å²) in [7, 11) is 0. The highest BCUT2D eigenvalue weighted by atomic mass is 32.2. The Morgan fingerprint density at radius 1 is 1.27 bits per heavy atom. The molecule has 0 aliphatic rings. The predicted octanol–water partition coefficient (Wildman–Crippen LogP) is 3.07. The van der Waals surface area contributed by atoms with Gasteiger partial charge in [0.1, 0.15) is 0 Å². The van der Waals surface area contributed by atoms with Crippen molar-refractivity contribution >= 4 is 17.7 Å². The first-order valence-corrected chi connectivity index (χ1v) is 8.64. The summed E-state index contributed by atoms with van der Waals surface area (Å²) in [6.45, 7) is 6.63. The number of nitrogens with zero attached hydrogens (tertiary/aromatic N) is 3. The zero-order valence-corrected chi connectivity index (χ0v) is 14.3. The second kappa shape index (κ2) is 7.45. The molecule has 6 heteroatoms. The summed E-state index contributed by atoms with van der Waals surface area (Å²) in [6.07, 6.45) is 2.94. The van der Waals surface area contributed by atoms with Gasteiger partial charge in [0.25, 0.3) is 5.91 Å². The third-order valence-corrected chi connectivity index (χ3v) is 4.11. The van der Waals surface area contributed by atoms with E-state index in [9.17, 15) is 4.79 Å². The van der Waals surface area contributed by atoms with Gasteiger partial charge in [-0.1, -0.05) is 30.8 Å². The number of benzene rings is 1. The van der Waals surface area contributed by atoms with Gasteiger partial charge in [-0.25, -0.2) is 0 Å². The minimum atomic E-state index is -0.0911. The van der Waals surface area contributed by atoms with Crippen LogP contribution in [0.1, 0.15) is 48.6 Å². The van der Waals surface area contributed by atoms with Crippen LogP contribution in [-0.4, -0.2) is 26.9 Å². The van der Waals surface area contributed by atoms with Gasteiger partial charge in [0.2, 0.25) is 0 Å². The molecule has 1 N–H and O–H groups in total. The molecule has 0 fully saturated rings. The minimum Gasteiger partial charge on any atom is -0.345 e. The number of aromatic nitrogens is 3. The van der Waals surface area contributed by atoms with E-state index in [0.717, 1.165) is 17.4 Å². The van der Waals surface area contributed by atoms with Crippen LogP contribution >= 0.6 is 11.8 Å². The van der Waals surface area contributed by atoms with Crippen molar-refractivity contribution in [3.63, 3.8) is 0 Å². The fourth-order valence-electron chi connectivity index (χ4n) is 2.24. The lowest BCUT2D eigenvalue weighted by molar-refractivity contribution is 0.0949. The maximum atomic E-state index is 12.2. The van der Waals surface area contributed by atoms with Crippen LogP contribution in [-0.2, 0) is 13.0 Å². The zero-order chi connectivity index (χ0) is 16.1. The van der Waals surface area contributed by atoms with Crippen molar-refractivity contribution in [3.8, 4) is 0 Å². The maximum absolute atomic E-state index is 12.2. The number of amides is 1. The summed E-state index contributed by atoms with van der Waals surface area (Å²) in [6, 6.07) is 7.94. The second-order valence-corrected chi connectivity index (χ2v) is 6.07. The number of hydrogen-bond acceptors (Lipinski definition) is 4. The quantitative estimate of drug-likeness (QED) is 0.832. The Hall–Kier alpha value is -1.82. The molecule has 2 rings (SSSR count). The molecule has 0 saturated heterocycles. The molecular formula is C16H22N4OS. The summed E-state index contributed by atoms with van der Waals surface area (Å²) in [5.41, 5.74) is 1.89. The molecule has 0 aliphatic heterocycles. The highest BCUT2D eigenvalue weighted by molar-refractivity contribution is 7.98. The summed E-state index contributed by atoms with van der Waals surface area (Å²) in [5, 5.41) is 12.1. The summed E-state index contributed by atoms with van der Waals surface area (Å²) < 4.78 is 2.05. The molecule has 1 aromatic carbocycles. The van der Waals surface area contributed by atoms with Crippen LogP contribution in [0.25, 0.3) is 0 Å². The van der Waals surface area contributed by atoms with Gasteiger partial charge in [-0.15, -0.1) is 10.2 Å². The molecule has 0 spiro atoms. The van der Waals surface area contributed by atoms with Crippen molar-refractivity contribution in [2.45, 2.75) is 44.9 Å². The van der Waals surface area contributed by atoms with Crippen molar-refractivity contribution < 1.29 is 4.79 Å². The molecule has 2 aromatic rings. The number of thioether (sulfide) groups is 1. The average molecular weight is 318 g/mol. The fraction of sp³-hybridized carbons (Fsp3) is 0.438. The zero-order valence-electron chi connectivity index (χ0n) is 13.5. The number of hydrogen-bond donors (Lipinski definition) is 1. The molecule has 0 bridgehead atoms. The highest BCUT2D eigenvalue weighted by Crippen LogP contribution is 2.19. The van der Waals surface area contributed by atoms with E-state index in [-0.39, 0.29) is 11.9 Å². The summed E-state index contributed by atoms with van der Waals surface area (Å²) in [4.78, 5) is 12.2. The fourth-order valence-corrected chi connectivity index (χ4v) is 2.87. The monoisotopic (exact) mass is 318 g/mol. The molecule has 118 valence electrons. The van der Waals surface area contributed by atoms with Gasteiger partial charge in [-0.05, 0) is 44.2 Å². The van der Waals surface area contributed by atoms with Gasteiger partial charge < -0.3 is 9.88 Å². The largest absolute Gasteiger partial charge is 0.345 e. The third kappa shape index (κ3) is 3.68. The van der Waals surface area contributed by atoms with Crippen molar-refractivity contribution in [2.75, 3.05) is 6.26 Å². The number of nitrogens with one attached hydrogen (secondary N) is 1. The predicted molar refractivity (Wildman–Crippen MR) is 89.2 cm³/mol. The number of rotatable bonds is 6.